The van der Waals surface area contributed by atoms with Crippen molar-refractivity contribution < 1.29 is 5.21 Å². The first kappa shape index (κ1) is 9.44. The smallest absolute Gasteiger partial charge is 0.0575 e. The van der Waals surface area contributed by atoms with Crippen LogP contribution in [-0.2, 0) is 0 Å². The van der Waals surface area contributed by atoms with Crippen molar-refractivity contribution in [1.29, 1.82) is 0 Å². The molecule has 66 valence electrons. The molecule has 0 aromatic carbocycles. The van der Waals surface area contributed by atoms with Crippen LogP contribution in [0.2, 0.25) is 0 Å². The van der Waals surface area contributed by atoms with Crippen molar-refractivity contribution in [1.82, 2.24) is 5.06 Å². The summed E-state index contributed by atoms with van der Waals surface area (Å²) in [6, 6.07) is 0. The maximum atomic E-state index is 9.78. The van der Waals surface area contributed by atoms with Gasteiger partial charge < -0.3 is 5.21 Å². The first-order valence-electron chi connectivity index (χ1n) is 4.14. The SMILES string of the molecule is CC1(C)CCCC(C)(P)N1O. The van der Waals surface area contributed by atoms with Crippen LogP contribution in [0.15, 0.2) is 0 Å². The minimum atomic E-state index is -0.123. The van der Waals surface area contributed by atoms with Gasteiger partial charge in [-0.1, -0.05) is 0 Å². The summed E-state index contributed by atoms with van der Waals surface area (Å²) in [5.74, 6) is 0. The van der Waals surface area contributed by atoms with Crippen molar-refractivity contribution in [2.75, 3.05) is 0 Å². The number of hydroxylamine groups is 2. The lowest BCUT2D eigenvalue weighted by molar-refractivity contribution is -0.218. The van der Waals surface area contributed by atoms with E-state index in [4.69, 9.17) is 0 Å². The highest BCUT2D eigenvalue weighted by Gasteiger charge is 2.40. The molecule has 0 aromatic rings. The largest absolute Gasteiger partial charge is 0.313 e. The van der Waals surface area contributed by atoms with E-state index in [1.807, 2.05) is 0 Å². The second kappa shape index (κ2) is 2.69. The van der Waals surface area contributed by atoms with E-state index in [-0.39, 0.29) is 10.8 Å². The van der Waals surface area contributed by atoms with Crippen LogP contribution in [0.25, 0.3) is 0 Å². The van der Waals surface area contributed by atoms with Crippen molar-refractivity contribution in [2.45, 2.75) is 50.9 Å². The Morgan fingerprint density at radius 1 is 1.27 bits per heavy atom. The second-order valence-corrected chi connectivity index (χ2v) is 5.58. The Hall–Kier alpha value is 0.350. The average Bonchev–Trinajstić information content (AvgIpc) is 1.82. The Labute approximate surface area is 71.1 Å². The number of nitrogens with zero attached hydrogens (tertiary/aromatic N) is 1. The molecular formula is C8H18NOP. The van der Waals surface area contributed by atoms with Gasteiger partial charge in [-0.2, -0.15) is 5.06 Å². The van der Waals surface area contributed by atoms with E-state index in [1.54, 1.807) is 0 Å². The van der Waals surface area contributed by atoms with Gasteiger partial charge in [-0.25, -0.2) is 0 Å². The molecule has 0 aromatic heterocycles. The standard InChI is InChI=1S/C8H18NOP/c1-7(2)5-4-6-8(3,11)9(7)10/h10H,4-6,11H2,1-3H3. The lowest BCUT2D eigenvalue weighted by atomic mass is 9.89. The van der Waals surface area contributed by atoms with Gasteiger partial charge in [0.2, 0.25) is 0 Å². The highest BCUT2D eigenvalue weighted by atomic mass is 31.0. The third-order valence-corrected chi connectivity index (χ3v) is 3.06. The molecular weight excluding hydrogens is 157 g/mol. The van der Waals surface area contributed by atoms with E-state index in [0.29, 0.717) is 0 Å². The molecule has 1 rings (SSSR count). The Balaban J connectivity index is 2.76. The average molecular weight is 175 g/mol. The summed E-state index contributed by atoms with van der Waals surface area (Å²) in [5.41, 5.74) is -0.0608. The van der Waals surface area contributed by atoms with Crippen LogP contribution in [0.4, 0.5) is 0 Å². The van der Waals surface area contributed by atoms with Gasteiger partial charge in [0.05, 0.1) is 5.28 Å². The Bertz CT molecular complexity index is 140. The molecule has 1 fully saturated rings. The summed E-state index contributed by atoms with van der Waals surface area (Å²) in [7, 11) is 2.72. The van der Waals surface area contributed by atoms with E-state index >= 15 is 0 Å². The van der Waals surface area contributed by atoms with E-state index in [9.17, 15) is 5.21 Å². The Morgan fingerprint density at radius 3 is 2.18 bits per heavy atom. The number of hydrogen-bond acceptors (Lipinski definition) is 2. The van der Waals surface area contributed by atoms with Crippen LogP contribution < -0.4 is 0 Å². The minimum Gasteiger partial charge on any atom is -0.313 e. The third kappa shape index (κ3) is 1.74. The van der Waals surface area contributed by atoms with Crippen LogP contribution in [0, 0.1) is 0 Å². The van der Waals surface area contributed by atoms with E-state index in [2.05, 4.69) is 30.0 Å². The monoisotopic (exact) mass is 175 g/mol. The molecule has 0 spiro atoms. The Morgan fingerprint density at radius 2 is 1.82 bits per heavy atom. The van der Waals surface area contributed by atoms with Gasteiger partial charge in [0.15, 0.2) is 0 Å². The molecule has 0 aliphatic carbocycles. The summed E-state index contributed by atoms with van der Waals surface area (Å²) < 4.78 is 0. The van der Waals surface area contributed by atoms with E-state index < -0.39 is 0 Å². The fourth-order valence-electron chi connectivity index (χ4n) is 1.78. The number of piperidine rings is 1. The maximum absolute atomic E-state index is 9.78. The minimum absolute atomic E-state index is 0.0608. The molecule has 2 atom stereocenters. The molecule has 2 unspecified atom stereocenters. The molecule has 1 aliphatic rings. The number of rotatable bonds is 0. The summed E-state index contributed by atoms with van der Waals surface area (Å²) in [5, 5.41) is 11.1. The van der Waals surface area contributed by atoms with Crippen LogP contribution in [0.3, 0.4) is 0 Å². The fourth-order valence-corrected chi connectivity index (χ4v) is 2.34. The molecule has 1 N–H and O–H groups in total. The normalized spacial score (nSPS) is 39.0. The highest BCUT2D eigenvalue weighted by molar-refractivity contribution is 7.18. The summed E-state index contributed by atoms with van der Waals surface area (Å²) in [4.78, 5) is 0. The van der Waals surface area contributed by atoms with Crippen molar-refractivity contribution in [3.8, 4) is 0 Å². The summed E-state index contributed by atoms with van der Waals surface area (Å²) in [6.07, 6.45) is 3.33. The quantitative estimate of drug-likeness (QED) is 0.571. The van der Waals surface area contributed by atoms with Crippen LogP contribution in [0.1, 0.15) is 40.0 Å². The first-order chi connectivity index (χ1) is 4.86. The zero-order valence-corrected chi connectivity index (χ0v) is 8.75. The van der Waals surface area contributed by atoms with Crippen molar-refractivity contribution >= 4 is 9.24 Å². The maximum Gasteiger partial charge on any atom is 0.0575 e. The predicted molar refractivity (Wildman–Crippen MR) is 49.7 cm³/mol. The van der Waals surface area contributed by atoms with Crippen LogP contribution in [0.5, 0.6) is 0 Å². The molecule has 2 nitrogen and oxygen atoms in total. The first-order valence-corrected chi connectivity index (χ1v) is 4.72. The third-order valence-electron chi connectivity index (χ3n) is 2.53. The van der Waals surface area contributed by atoms with Crippen molar-refractivity contribution in [3.63, 3.8) is 0 Å². The van der Waals surface area contributed by atoms with Gasteiger partial charge in [0.25, 0.3) is 0 Å². The topological polar surface area (TPSA) is 23.5 Å². The number of hydrogen-bond donors (Lipinski definition) is 1. The van der Waals surface area contributed by atoms with Gasteiger partial charge in [0, 0.05) is 5.54 Å². The molecule has 1 aliphatic heterocycles. The van der Waals surface area contributed by atoms with Crippen LogP contribution >= 0.6 is 9.24 Å². The molecule has 0 bridgehead atoms. The second-order valence-electron chi connectivity index (χ2n) is 4.33. The van der Waals surface area contributed by atoms with Gasteiger partial charge in [0.1, 0.15) is 0 Å². The zero-order valence-electron chi connectivity index (χ0n) is 7.59. The molecule has 11 heavy (non-hydrogen) atoms. The molecule has 1 saturated heterocycles. The molecule has 0 radical (unpaired) electrons. The van der Waals surface area contributed by atoms with Gasteiger partial charge in [-0.3, -0.25) is 0 Å². The zero-order chi connectivity index (χ0) is 8.70. The summed E-state index contributed by atoms with van der Waals surface area (Å²) >= 11 is 0. The molecule has 0 saturated carbocycles. The van der Waals surface area contributed by atoms with Crippen molar-refractivity contribution in [3.05, 3.63) is 0 Å². The van der Waals surface area contributed by atoms with E-state index in [1.165, 1.54) is 11.5 Å². The summed E-state index contributed by atoms with van der Waals surface area (Å²) in [6.45, 7) is 6.21. The van der Waals surface area contributed by atoms with Crippen LogP contribution in [-0.4, -0.2) is 21.1 Å². The molecule has 3 heteroatoms. The molecule has 1 heterocycles. The molecule has 0 amide bonds. The van der Waals surface area contributed by atoms with Gasteiger partial charge >= 0.3 is 0 Å². The Kier molecular flexibility index (Phi) is 2.31. The van der Waals surface area contributed by atoms with E-state index in [0.717, 1.165) is 12.8 Å². The lowest BCUT2D eigenvalue weighted by Gasteiger charge is -2.48. The lowest BCUT2D eigenvalue weighted by Crippen LogP contribution is -2.54. The predicted octanol–water partition coefficient (Wildman–Crippen LogP) is 2.23. The van der Waals surface area contributed by atoms with Gasteiger partial charge in [-0.15, -0.1) is 9.24 Å². The van der Waals surface area contributed by atoms with Crippen molar-refractivity contribution in [2.24, 2.45) is 0 Å². The fraction of sp³-hybridized carbons (Fsp3) is 1.00. The highest BCUT2D eigenvalue weighted by Crippen LogP contribution is 2.40. The van der Waals surface area contributed by atoms with Gasteiger partial charge in [-0.05, 0) is 40.0 Å².